The highest BCUT2D eigenvalue weighted by atomic mass is 32.2. The lowest BCUT2D eigenvalue weighted by atomic mass is 10.2. The molecular formula is C11H16F2N2O3S. The summed E-state index contributed by atoms with van der Waals surface area (Å²) in [5.74, 6) is -2.80. The fraction of sp³-hybridized carbons (Fsp3) is 0.455. The standard InChI is InChI=1S/C11H16F2N2O3S/c1-2-8(3-4-16)15-19(17,18)10-6-7(14)5-9(12)11(10)13/h5-6,8,15-16H,2-4,14H2,1H3. The van der Waals surface area contributed by atoms with Gasteiger partial charge in [-0.1, -0.05) is 6.92 Å². The first-order valence-corrected chi connectivity index (χ1v) is 7.17. The maximum atomic E-state index is 13.5. The van der Waals surface area contributed by atoms with E-state index in [4.69, 9.17) is 10.8 Å². The highest BCUT2D eigenvalue weighted by Gasteiger charge is 2.25. The van der Waals surface area contributed by atoms with E-state index in [2.05, 4.69) is 4.72 Å². The molecule has 0 radical (unpaired) electrons. The fourth-order valence-electron chi connectivity index (χ4n) is 1.56. The molecule has 0 aliphatic rings. The lowest BCUT2D eigenvalue weighted by molar-refractivity contribution is 0.270. The number of halogens is 2. The first kappa shape index (κ1) is 15.8. The summed E-state index contributed by atoms with van der Waals surface area (Å²) in [6.45, 7) is 1.49. The minimum Gasteiger partial charge on any atom is -0.399 e. The summed E-state index contributed by atoms with van der Waals surface area (Å²) in [5.41, 5.74) is 5.12. The molecule has 0 saturated carbocycles. The van der Waals surface area contributed by atoms with Crippen molar-refractivity contribution in [3.05, 3.63) is 23.8 Å². The van der Waals surface area contributed by atoms with Crippen molar-refractivity contribution in [2.45, 2.75) is 30.7 Å². The molecule has 1 aromatic rings. The van der Waals surface area contributed by atoms with E-state index in [9.17, 15) is 17.2 Å². The van der Waals surface area contributed by atoms with Crippen LogP contribution in [-0.4, -0.2) is 26.2 Å². The number of sulfonamides is 1. The Hall–Kier alpha value is -1.25. The van der Waals surface area contributed by atoms with Crippen LogP contribution in [0.2, 0.25) is 0 Å². The van der Waals surface area contributed by atoms with Crippen LogP contribution in [0.25, 0.3) is 0 Å². The number of nitrogens with two attached hydrogens (primary N) is 1. The Labute approximate surface area is 110 Å². The topological polar surface area (TPSA) is 92.4 Å². The molecular weight excluding hydrogens is 278 g/mol. The summed E-state index contributed by atoms with van der Waals surface area (Å²) in [4.78, 5) is -0.832. The molecule has 0 amide bonds. The summed E-state index contributed by atoms with van der Waals surface area (Å²) in [5, 5.41) is 8.79. The van der Waals surface area contributed by atoms with Crippen molar-refractivity contribution < 1.29 is 22.3 Å². The Morgan fingerprint density at radius 3 is 2.58 bits per heavy atom. The van der Waals surface area contributed by atoms with Crippen molar-refractivity contribution >= 4 is 15.7 Å². The van der Waals surface area contributed by atoms with Gasteiger partial charge in [-0.05, 0) is 25.0 Å². The van der Waals surface area contributed by atoms with Crippen LogP contribution in [0.3, 0.4) is 0 Å². The number of anilines is 1. The van der Waals surface area contributed by atoms with Gasteiger partial charge in [0.2, 0.25) is 10.0 Å². The lowest BCUT2D eigenvalue weighted by Crippen LogP contribution is -2.35. The predicted molar refractivity (Wildman–Crippen MR) is 66.9 cm³/mol. The largest absolute Gasteiger partial charge is 0.399 e. The van der Waals surface area contributed by atoms with Gasteiger partial charge in [0.1, 0.15) is 4.90 Å². The molecule has 1 aromatic carbocycles. The van der Waals surface area contributed by atoms with E-state index in [1.54, 1.807) is 6.92 Å². The van der Waals surface area contributed by atoms with Gasteiger partial charge in [-0.15, -0.1) is 0 Å². The van der Waals surface area contributed by atoms with Gasteiger partial charge < -0.3 is 10.8 Å². The van der Waals surface area contributed by atoms with E-state index in [-0.39, 0.29) is 18.7 Å². The van der Waals surface area contributed by atoms with E-state index in [0.29, 0.717) is 12.5 Å². The second-order valence-electron chi connectivity index (χ2n) is 4.05. The molecule has 4 N–H and O–H groups in total. The zero-order valence-electron chi connectivity index (χ0n) is 10.4. The number of hydrogen-bond donors (Lipinski definition) is 3. The highest BCUT2D eigenvalue weighted by Crippen LogP contribution is 2.21. The first-order chi connectivity index (χ1) is 8.81. The summed E-state index contributed by atoms with van der Waals surface area (Å²) in [7, 11) is -4.23. The molecule has 108 valence electrons. The summed E-state index contributed by atoms with van der Waals surface area (Å²) < 4.78 is 52.8. The maximum Gasteiger partial charge on any atom is 0.243 e. The second kappa shape index (κ2) is 6.27. The summed E-state index contributed by atoms with van der Waals surface area (Å²) >= 11 is 0. The highest BCUT2D eigenvalue weighted by molar-refractivity contribution is 7.89. The number of aliphatic hydroxyl groups is 1. The second-order valence-corrected chi connectivity index (χ2v) is 5.74. The molecule has 8 heteroatoms. The van der Waals surface area contributed by atoms with Crippen molar-refractivity contribution in [3.8, 4) is 0 Å². The Bertz CT molecular complexity index is 549. The lowest BCUT2D eigenvalue weighted by Gasteiger charge is -2.16. The number of rotatable bonds is 6. The van der Waals surface area contributed by atoms with Crippen molar-refractivity contribution in [1.29, 1.82) is 0 Å². The van der Waals surface area contributed by atoms with Gasteiger partial charge in [0.25, 0.3) is 0 Å². The molecule has 0 spiro atoms. The van der Waals surface area contributed by atoms with Crippen LogP contribution >= 0.6 is 0 Å². The molecule has 19 heavy (non-hydrogen) atoms. The van der Waals surface area contributed by atoms with Gasteiger partial charge in [0, 0.05) is 18.3 Å². The fourth-order valence-corrected chi connectivity index (χ4v) is 3.04. The molecule has 0 saturated heterocycles. The maximum absolute atomic E-state index is 13.5. The number of nitrogens with one attached hydrogen (secondary N) is 1. The molecule has 0 fully saturated rings. The Balaban J connectivity index is 3.13. The van der Waals surface area contributed by atoms with Crippen LogP contribution in [0.4, 0.5) is 14.5 Å². The SMILES string of the molecule is CCC(CCO)NS(=O)(=O)c1cc(N)cc(F)c1F. The Morgan fingerprint density at radius 2 is 2.05 bits per heavy atom. The molecule has 1 unspecified atom stereocenters. The number of hydrogen-bond acceptors (Lipinski definition) is 4. The zero-order chi connectivity index (χ0) is 14.6. The van der Waals surface area contributed by atoms with Crippen molar-refractivity contribution in [2.24, 2.45) is 0 Å². The average Bonchev–Trinajstić information content (AvgIpc) is 2.32. The number of nitrogen functional groups attached to an aromatic ring is 1. The van der Waals surface area contributed by atoms with E-state index in [1.807, 2.05) is 0 Å². The van der Waals surface area contributed by atoms with Gasteiger partial charge in [0.05, 0.1) is 0 Å². The molecule has 0 aliphatic carbocycles. The number of benzene rings is 1. The van der Waals surface area contributed by atoms with E-state index in [0.717, 1.165) is 6.07 Å². The minimum atomic E-state index is -4.23. The zero-order valence-corrected chi connectivity index (χ0v) is 11.2. The van der Waals surface area contributed by atoms with Gasteiger partial charge in [-0.25, -0.2) is 21.9 Å². The summed E-state index contributed by atoms with van der Waals surface area (Å²) in [6.07, 6.45) is 0.592. The summed E-state index contributed by atoms with van der Waals surface area (Å²) in [6, 6.07) is 1.00. The third kappa shape index (κ3) is 3.85. The first-order valence-electron chi connectivity index (χ1n) is 5.69. The van der Waals surface area contributed by atoms with E-state index in [1.165, 1.54) is 0 Å². The van der Waals surface area contributed by atoms with Crippen LogP contribution in [0.1, 0.15) is 19.8 Å². The molecule has 1 rings (SSSR count). The van der Waals surface area contributed by atoms with Gasteiger partial charge in [-0.3, -0.25) is 0 Å². The van der Waals surface area contributed by atoms with E-state index >= 15 is 0 Å². The van der Waals surface area contributed by atoms with E-state index < -0.39 is 32.6 Å². The van der Waals surface area contributed by atoms with Crippen LogP contribution in [-0.2, 0) is 10.0 Å². The number of aliphatic hydroxyl groups excluding tert-OH is 1. The van der Waals surface area contributed by atoms with Crippen LogP contribution in [0, 0.1) is 11.6 Å². The molecule has 1 atom stereocenters. The molecule has 0 aliphatic heterocycles. The van der Waals surface area contributed by atoms with Crippen LogP contribution in [0.5, 0.6) is 0 Å². The Morgan fingerprint density at radius 1 is 1.42 bits per heavy atom. The monoisotopic (exact) mass is 294 g/mol. The molecule has 5 nitrogen and oxygen atoms in total. The average molecular weight is 294 g/mol. The molecule has 0 aromatic heterocycles. The smallest absolute Gasteiger partial charge is 0.243 e. The van der Waals surface area contributed by atoms with Crippen molar-refractivity contribution in [2.75, 3.05) is 12.3 Å². The van der Waals surface area contributed by atoms with Gasteiger partial charge in [-0.2, -0.15) is 0 Å². The van der Waals surface area contributed by atoms with Crippen molar-refractivity contribution in [1.82, 2.24) is 4.72 Å². The quantitative estimate of drug-likeness (QED) is 0.682. The normalized spacial score (nSPS) is 13.5. The Kier molecular flexibility index (Phi) is 5.21. The van der Waals surface area contributed by atoms with Crippen molar-refractivity contribution in [3.63, 3.8) is 0 Å². The third-order valence-electron chi connectivity index (χ3n) is 2.60. The van der Waals surface area contributed by atoms with Gasteiger partial charge in [0.15, 0.2) is 11.6 Å². The minimum absolute atomic E-state index is 0.183. The van der Waals surface area contributed by atoms with Crippen LogP contribution in [0.15, 0.2) is 17.0 Å². The van der Waals surface area contributed by atoms with Crippen LogP contribution < -0.4 is 10.5 Å². The third-order valence-corrected chi connectivity index (χ3v) is 4.12. The predicted octanol–water partition coefficient (Wildman–Crippen LogP) is 0.986. The molecule has 0 heterocycles. The molecule has 0 bridgehead atoms. The van der Waals surface area contributed by atoms with Gasteiger partial charge >= 0.3 is 0 Å².